The van der Waals surface area contributed by atoms with E-state index in [9.17, 15) is 14.4 Å². The second-order valence-corrected chi connectivity index (χ2v) is 8.71. The number of carbonyl (C=O) groups excluding carboxylic acids is 3. The van der Waals surface area contributed by atoms with E-state index in [1.807, 2.05) is 35.7 Å². The van der Waals surface area contributed by atoms with Crippen molar-refractivity contribution in [1.82, 2.24) is 19.6 Å². The largest absolute Gasteiger partial charge is 0.335 e. The summed E-state index contributed by atoms with van der Waals surface area (Å²) >= 11 is 1.58. The summed E-state index contributed by atoms with van der Waals surface area (Å²) in [6.07, 6.45) is 4.85. The van der Waals surface area contributed by atoms with Crippen LogP contribution in [0.1, 0.15) is 10.4 Å². The van der Waals surface area contributed by atoms with Crippen LogP contribution in [-0.4, -0.2) is 83.4 Å². The van der Waals surface area contributed by atoms with Crippen molar-refractivity contribution in [2.45, 2.75) is 6.42 Å². The van der Waals surface area contributed by atoms with Gasteiger partial charge in [-0.15, -0.1) is 11.3 Å². The summed E-state index contributed by atoms with van der Waals surface area (Å²) in [7, 11) is 0. The lowest BCUT2D eigenvalue weighted by molar-refractivity contribution is -0.144. The third kappa shape index (κ3) is 5.28. The van der Waals surface area contributed by atoms with E-state index in [1.54, 1.807) is 11.3 Å². The molecule has 0 atom stereocenters. The van der Waals surface area contributed by atoms with E-state index >= 15 is 0 Å². The summed E-state index contributed by atoms with van der Waals surface area (Å²) in [4.78, 5) is 45.0. The number of hydrogen-bond acceptors (Lipinski definition) is 6. The van der Waals surface area contributed by atoms with Gasteiger partial charge in [0.25, 0.3) is 0 Å². The monoisotopic (exact) mass is 438 g/mol. The summed E-state index contributed by atoms with van der Waals surface area (Å²) in [5.74, 6) is -1.43. The molecule has 4 amide bonds. The van der Waals surface area contributed by atoms with Crippen LogP contribution in [0.3, 0.4) is 0 Å². The molecule has 0 saturated carbocycles. The van der Waals surface area contributed by atoms with Crippen molar-refractivity contribution in [2.75, 3.05) is 45.9 Å². The smallest absolute Gasteiger partial charge is 0.297 e. The zero-order valence-electron chi connectivity index (χ0n) is 17.4. The Hall–Kier alpha value is -2.81. The van der Waals surface area contributed by atoms with E-state index in [4.69, 9.17) is 0 Å². The van der Waals surface area contributed by atoms with Crippen LogP contribution in [-0.2, 0) is 16.0 Å². The third-order valence-electron chi connectivity index (χ3n) is 5.58. The number of hydrogen-bond donors (Lipinski definition) is 0. The van der Waals surface area contributed by atoms with Gasteiger partial charge in [0.1, 0.15) is 0 Å². The highest BCUT2D eigenvalue weighted by molar-refractivity contribution is 7.09. The molecule has 0 radical (unpaired) electrons. The molecule has 0 spiro atoms. The lowest BCUT2D eigenvalue weighted by atomic mass is 10.2. The maximum atomic E-state index is 12.7. The summed E-state index contributed by atoms with van der Waals surface area (Å²) in [5, 5.41) is 1.96. The van der Waals surface area contributed by atoms with Gasteiger partial charge in [-0.2, -0.15) is 0 Å². The lowest BCUT2D eigenvalue weighted by Gasteiger charge is -2.35. The highest BCUT2D eigenvalue weighted by atomic mass is 32.1. The van der Waals surface area contributed by atoms with Gasteiger partial charge in [0.15, 0.2) is 0 Å². The molecule has 162 valence electrons. The van der Waals surface area contributed by atoms with Gasteiger partial charge in [-0.3, -0.25) is 24.3 Å². The van der Waals surface area contributed by atoms with E-state index in [0.717, 1.165) is 47.4 Å². The second kappa shape index (κ2) is 10.00. The molecule has 0 bridgehead atoms. The SMILES string of the molecule is O=C1C(=O)N(CN2CCN(C/C=C/c3ccccc3)CC2)C(=O)N1CCc1cccs1. The predicted octanol–water partition coefficient (Wildman–Crippen LogP) is 2.37. The van der Waals surface area contributed by atoms with Gasteiger partial charge in [0.2, 0.25) is 0 Å². The van der Waals surface area contributed by atoms with Crippen molar-refractivity contribution >= 4 is 35.3 Å². The summed E-state index contributed by atoms with van der Waals surface area (Å²) in [6.45, 7) is 4.48. The van der Waals surface area contributed by atoms with Gasteiger partial charge in [-0.05, 0) is 17.0 Å². The van der Waals surface area contributed by atoms with Crippen molar-refractivity contribution in [3.05, 3.63) is 64.4 Å². The highest BCUT2D eigenvalue weighted by Crippen LogP contribution is 2.16. The molecular formula is C23H26N4O3S. The van der Waals surface area contributed by atoms with Crippen molar-refractivity contribution < 1.29 is 14.4 Å². The van der Waals surface area contributed by atoms with E-state index in [2.05, 4.69) is 34.1 Å². The molecule has 2 saturated heterocycles. The number of nitrogens with zero attached hydrogens (tertiary/aromatic N) is 4. The van der Waals surface area contributed by atoms with Gasteiger partial charge in [0.05, 0.1) is 6.67 Å². The third-order valence-corrected chi connectivity index (χ3v) is 6.51. The molecular weight excluding hydrogens is 412 g/mol. The van der Waals surface area contributed by atoms with Crippen molar-refractivity contribution in [3.8, 4) is 0 Å². The highest BCUT2D eigenvalue weighted by Gasteiger charge is 2.44. The Bertz CT molecular complexity index is 937. The minimum absolute atomic E-state index is 0.173. The number of amides is 4. The van der Waals surface area contributed by atoms with E-state index < -0.39 is 17.8 Å². The minimum atomic E-state index is -0.718. The molecule has 2 aliphatic heterocycles. The Labute approximate surface area is 186 Å². The lowest BCUT2D eigenvalue weighted by Crippen LogP contribution is -2.51. The first-order valence-electron chi connectivity index (χ1n) is 10.5. The number of benzene rings is 1. The number of rotatable bonds is 8. The second-order valence-electron chi connectivity index (χ2n) is 7.68. The van der Waals surface area contributed by atoms with Crippen LogP contribution in [0.5, 0.6) is 0 Å². The molecule has 1 aromatic heterocycles. The fourth-order valence-electron chi connectivity index (χ4n) is 3.76. The van der Waals surface area contributed by atoms with Crippen molar-refractivity contribution in [1.29, 1.82) is 0 Å². The van der Waals surface area contributed by atoms with Crippen LogP contribution in [0.15, 0.2) is 53.9 Å². The topological polar surface area (TPSA) is 64.2 Å². The van der Waals surface area contributed by atoms with Crippen LogP contribution in [0.2, 0.25) is 0 Å². The van der Waals surface area contributed by atoms with E-state index in [-0.39, 0.29) is 13.2 Å². The van der Waals surface area contributed by atoms with Crippen LogP contribution < -0.4 is 0 Å². The predicted molar refractivity (Wildman–Crippen MR) is 120 cm³/mol. The number of urea groups is 1. The van der Waals surface area contributed by atoms with Gasteiger partial charge in [-0.25, -0.2) is 9.69 Å². The molecule has 3 heterocycles. The molecule has 0 aliphatic carbocycles. The average Bonchev–Trinajstić information content (AvgIpc) is 3.38. The van der Waals surface area contributed by atoms with Gasteiger partial charge in [0, 0.05) is 50.6 Å². The number of carbonyl (C=O) groups is 3. The molecule has 4 rings (SSSR count). The Kier molecular flexibility index (Phi) is 6.91. The van der Waals surface area contributed by atoms with Crippen LogP contribution in [0, 0.1) is 0 Å². The van der Waals surface area contributed by atoms with E-state index in [0.29, 0.717) is 6.42 Å². The Morgan fingerprint density at radius 1 is 0.839 bits per heavy atom. The fourth-order valence-corrected chi connectivity index (χ4v) is 4.46. The molecule has 0 N–H and O–H groups in total. The first-order chi connectivity index (χ1) is 15.1. The molecule has 31 heavy (non-hydrogen) atoms. The Balaban J connectivity index is 1.24. The summed E-state index contributed by atoms with van der Waals surface area (Å²) < 4.78 is 0. The average molecular weight is 439 g/mol. The van der Waals surface area contributed by atoms with Gasteiger partial charge < -0.3 is 0 Å². The maximum absolute atomic E-state index is 12.7. The molecule has 2 fully saturated rings. The maximum Gasteiger partial charge on any atom is 0.335 e. The summed E-state index contributed by atoms with van der Waals surface area (Å²) in [5.41, 5.74) is 1.18. The van der Waals surface area contributed by atoms with Crippen molar-refractivity contribution in [3.63, 3.8) is 0 Å². The summed E-state index contributed by atoms with van der Waals surface area (Å²) in [6, 6.07) is 13.6. The van der Waals surface area contributed by atoms with Gasteiger partial charge >= 0.3 is 17.8 Å². The van der Waals surface area contributed by atoms with Crippen LogP contribution in [0.4, 0.5) is 4.79 Å². The quantitative estimate of drug-likeness (QED) is 0.468. The number of piperazine rings is 1. The fraction of sp³-hybridized carbons (Fsp3) is 0.348. The first-order valence-corrected chi connectivity index (χ1v) is 11.4. The van der Waals surface area contributed by atoms with E-state index in [1.165, 1.54) is 5.56 Å². The first kappa shape index (κ1) is 21.4. The molecule has 0 unspecified atom stereocenters. The molecule has 1 aromatic carbocycles. The van der Waals surface area contributed by atoms with Gasteiger partial charge in [-0.1, -0.05) is 48.6 Å². The standard InChI is InChI=1S/C23H26N4O3S/c28-21-22(29)27(23(30)26(21)12-10-20-9-5-17-31-20)18-25-15-13-24(14-16-25)11-4-8-19-6-2-1-3-7-19/h1-9,17H,10-16,18H2/b8-4+. The van der Waals surface area contributed by atoms with Crippen LogP contribution >= 0.6 is 11.3 Å². The minimum Gasteiger partial charge on any atom is -0.297 e. The Morgan fingerprint density at radius 3 is 2.26 bits per heavy atom. The zero-order valence-corrected chi connectivity index (χ0v) is 18.2. The molecule has 2 aliphatic rings. The molecule has 7 nitrogen and oxygen atoms in total. The molecule has 8 heteroatoms. The molecule has 2 aromatic rings. The number of thiophene rings is 1. The normalized spacial score (nSPS) is 18.6. The number of imide groups is 2. The Morgan fingerprint density at radius 2 is 1.55 bits per heavy atom. The zero-order chi connectivity index (χ0) is 21.6. The van der Waals surface area contributed by atoms with Crippen LogP contribution in [0.25, 0.3) is 6.08 Å². The van der Waals surface area contributed by atoms with Crippen molar-refractivity contribution in [2.24, 2.45) is 0 Å².